The molecule has 0 bridgehead atoms. The molecule has 1 rings (SSSR count). The number of anilines is 2. The summed E-state index contributed by atoms with van der Waals surface area (Å²) in [4.78, 5) is 23.3. The second-order valence-electron chi connectivity index (χ2n) is 3.16. The highest BCUT2D eigenvalue weighted by atomic mass is 35.5. The van der Waals surface area contributed by atoms with Crippen molar-refractivity contribution in [2.45, 2.75) is 6.92 Å². The Hall–Kier alpha value is -2.09. The van der Waals surface area contributed by atoms with Gasteiger partial charge in [0.05, 0.1) is 0 Å². The van der Waals surface area contributed by atoms with Crippen LogP contribution in [0.4, 0.5) is 11.6 Å². The molecule has 0 aromatic carbocycles. The first kappa shape index (κ1) is 14.0. The minimum absolute atomic E-state index is 0.0162. The van der Waals surface area contributed by atoms with Crippen molar-refractivity contribution >= 4 is 35.1 Å². The van der Waals surface area contributed by atoms with Crippen LogP contribution in [-0.4, -0.2) is 35.4 Å². The van der Waals surface area contributed by atoms with E-state index in [0.717, 1.165) is 0 Å². The van der Waals surface area contributed by atoms with Gasteiger partial charge in [-0.15, -0.1) is 0 Å². The first-order chi connectivity index (χ1) is 8.49. The number of carbonyl (C=O) groups is 1. The molecule has 0 radical (unpaired) electrons. The molecule has 0 aliphatic heterocycles. The van der Waals surface area contributed by atoms with E-state index < -0.39 is 5.91 Å². The van der Waals surface area contributed by atoms with Crippen molar-refractivity contribution in [3.8, 4) is 0 Å². The van der Waals surface area contributed by atoms with Gasteiger partial charge < -0.3 is 16.8 Å². The van der Waals surface area contributed by atoms with Crippen LogP contribution in [0, 0.1) is 0 Å². The van der Waals surface area contributed by atoms with Crippen molar-refractivity contribution in [2.24, 2.45) is 10.7 Å². The molecule has 6 N–H and O–H groups in total. The highest BCUT2D eigenvalue weighted by Gasteiger charge is 2.17. The summed E-state index contributed by atoms with van der Waals surface area (Å²) in [5.41, 5.74) is 10.9. The number of nitrogens with two attached hydrogens (primary N) is 2. The number of amides is 1. The molecular weight excluding hydrogens is 258 g/mol. The third-order valence-corrected chi connectivity index (χ3v) is 2.17. The SMILES string of the molecule is CCN=C(N)NC(=O)c1nc(Cl)c(NC)nc1N. The molecule has 0 atom stereocenters. The number of guanidine groups is 1. The van der Waals surface area contributed by atoms with E-state index in [4.69, 9.17) is 23.1 Å². The Balaban J connectivity index is 3.00. The van der Waals surface area contributed by atoms with Crippen molar-refractivity contribution in [3.63, 3.8) is 0 Å². The summed E-state index contributed by atoms with van der Waals surface area (Å²) < 4.78 is 0. The molecule has 0 aliphatic rings. The quantitative estimate of drug-likeness (QED) is 0.445. The molecule has 8 nitrogen and oxygen atoms in total. The van der Waals surface area contributed by atoms with Crippen LogP contribution in [0.15, 0.2) is 4.99 Å². The average molecular weight is 272 g/mol. The number of aliphatic imine (C=N–C) groups is 1. The molecule has 0 unspecified atom stereocenters. The number of hydrogen-bond donors (Lipinski definition) is 4. The lowest BCUT2D eigenvalue weighted by atomic mass is 10.4. The molecule has 18 heavy (non-hydrogen) atoms. The van der Waals surface area contributed by atoms with Crippen LogP contribution >= 0.6 is 11.6 Å². The molecule has 0 saturated heterocycles. The fourth-order valence-electron chi connectivity index (χ4n) is 1.14. The normalized spacial score (nSPS) is 11.2. The van der Waals surface area contributed by atoms with Crippen molar-refractivity contribution in [1.29, 1.82) is 0 Å². The molecule has 0 fully saturated rings. The summed E-state index contributed by atoms with van der Waals surface area (Å²) in [7, 11) is 1.61. The number of nitrogen functional groups attached to an aromatic ring is 1. The minimum atomic E-state index is -0.612. The monoisotopic (exact) mass is 271 g/mol. The van der Waals surface area contributed by atoms with Gasteiger partial charge in [0, 0.05) is 13.6 Å². The maximum Gasteiger partial charge on any atom is 0.280 e. The maximum atomic E-state index is 11.8. The Kier molecular flexibility index (Phi) is 4.67. The lowest BCUT2D eigenvalue weighted by Gasteiger charge is -2.08. The van der Waals surface area contributed by atoms with E-state index in [-0.39, 0.29) is 22.6 Å². The molecule has 1 aromatic heterocycles. The molecular formula is C9H14ClN7O. The Morgan fingerprint density at radius 1 is 1.50 bits per heavy atom. The van der Waals surface area contributed by atoms with Crippen LogP contribution < -0.4 is 22.1 Å². The predicted molar refractivity (Wildman–Crippen MR) is 70.6 cm³/mol. The third kappa shape index (κ3) is 3.20. The number of halogens is 1. The van der Waals surface area contributed by atoms with E-state index in [2.05, 4.69) is 25.6 Å². The lowest BCUT2D eigenvalue weighted by Crippen LogP contribution is -2.37. The highest BCUT2D eigenvalue weighted by molar-refractivity contribution is 6.32. The summed E-state index contributed by atoms with van der Waals surface area (Å²) in [6.45, 7) is 2.23. The summed E-state index contributed by atoms with van der Waals surface area (Å²) in [6.07, 6.45) is 0. The standard InChI is InChI=1S/C9H14ClN7O/c1-3-14-9(12)17-8(18)4-6(11)16-7(13-2)5(10)15-4/h3H2,1-2H3,(H3,11,13,16)(H3,12,14,17,18). The van der Waals surface area contributed by atoms with Gasteiger partial charge in [-0.05, 0) is 6.92 Å². The zero-order chi connectivity index (χ0) is 13.7. The Morgan fingerprint density at radius 3 is 2.72 bits per heavy atom. The number of nitrogens with one attached hydrogen (secondary N) is 2. The van der Waals surface area contributed by atoms with E-state index >= 15 is 0 Å². The second kappa shape index (κ2) is 6.01. The van der Waals surface area contributed by atoms with Crippen LogP contribution in [0.3, 0.4) is 0 Å². The summed E-state index contributed by atoms with van der Waals surface area (Å²) in [5, 5.41) is 5.07. The van der Waals surface area contributed by atoms with Gasteiger partial charge in [-0.25, -0.2) is 9.97 Å². The second-order valence-corrected chi connectivity index (χ2v) is 3.52. The number of aromatic nitrogens is 2. The van der Waals surface area contributed by atoms with Gasteiger partial charge in [0.2, 0.25) is 0 Å². The first-order valence-electron chi connectivity index (χ1n) is 5.11. The van der Waals surface area contributed by atoms with Crippen LogP contribution in [-0.2, 0) is 0 Å². The molecule has 0 saturated carbocycles. The molecule has 1 heterocycles. The number of hydrogen-bond acceptors (Lipinski definition) is 6. The van der Waals surface area contributed by atoms with E-state index in [1.165, 1.54) is 0 Å². The number of carbonyl (C=O) groups excluding carboxylic acids is 1. The van der Waals surface area contributed by atoms with Crippen molar-refractivity contribution < 1.29 is 4.79 Å². The summed E-state index contributed by atoms with van der Waals surface area (Å²) in [5.74, 6) is -0.386. The number of nitrogens with zero attached hydrogens (tertiary/aromatic N) is 3. The maximum absolute atomic E-state index is 11.8. The van der Waals surface area contributed by atoms with Gasteiger partial charge in [0.25, 0.3) is 5.91 Å². The van der Waals surface area contributed by atoms with Crippen LogP contribution in [0.1, 0.15) is 17.4 Å². The molecule has 0 aliphatic carbocycles. The molecule has 9 heteroatoms. The topological polar surface area (TPSA) is 131 Å². The van der Waals surface area contributed by atoms with E-state index in [0.29, 0.717) is 12.4 Å². The lowest BCUT2D eigenvalue weighted by molar-refractivity contribution is 0.0972. The average Bonchev–Trinajstić information content (AvgIpc) is 2.31. The largest absolute Gasteiger partial charge is 0.382 e. The van der Waals surface area contributed by atoms with E-state index in [9.17, 15) is 4.79 Å². The Bertz CT molecular complexity index is 488. The highest BCUT2D eigenvalue weighted by Crippen LogP contribution is 2.19. The van der Waals surface area contributed by atoms with Crippen molar-refractivity contribution in [2.75, 3.05) is 24.6 Å². The fourth-order valence-corrected chi connectivity index (χ4v) is 1.36. The van der Waals surface area contributed by atoms with Gasteiger partial charge in [-0.2, -0.15) is 0 Å². The number of rotatable bonds is 3. The zero-order valence-corrected chi connectivity index (χ0v) is 10.7. The van der Waals surface area contributed by atoms with Gasteiger partial charge >= 0.3 is 0 Å². The smallest absolute Gasteiger partial charge is 0.280 e. The summed E-state index contributed by atoms with van der Waals surface area (Å²) in [6, 6.07) is 0. The molecule has 1 amide bonds. The van der Waals surface area contributed by atoms with Gasteiger partial charge in [0.1, 0.15) is 0 Å². The van der Waals surface area contributed by atoms with Gasteiger partial charge in [-0.3, -0.25) is 15.1 Å². The minimum Gasteiger partial charge on any atom is -0.382 e. The van der Waals surface area contributed by atoms with Crippen molar-refractivity contribution in [1.82, 2.24) is 15.3 Å². The van der Waals surface area contributed by atoms with E-state index in [1.54, 1.807) is 14.0 Å². The molecule has 98 valence electrons. The zero-order valence-electron chi connectivity index (χ0n) is 9.99. The first-order valence-corrected chi connectivity index (χ1v) is 5.49. The van der Waals surface area contributed by atoms with Gasteiger partial charge in [-0.1, -0.05) is 11.6 Å². The predicted octanol–water partition coefficient (Wildman–Crippen LogP) is -0.182. The molecule has 0 spiro atoms. The third-order valence-electron chi connectivity index (χ3n) is 1.90. The molecule has 1 aromatic rings. The Labute approximate surface area is 109 Å². The summed E-state index contributed by atoms with van der Waals surface area (Å²) >= 11 is 5.81. The van der Waals surface area contributed by atoms with Crippen molar-refractivity contribution in [3.05, 3.63) is 10.8 Å². The Morgan fingerprint density at radius 2 is 2.17 bits per heavy atom. The van der Waals surface area contributed by atoms with Crippen LogP contribution in [0.2, 0.25) is 5.15 Å². The van der Waals surface area contributed by atoms with E-state index in [1.807, 2.05) is 0 Å². The van der Waals surface area contributed by atoms with Crippen LogP contribution in [0.5, 0.6) is 0 Å². The van der Waals surface area contributed by atoms with Crippen LogP contribution in [0.25, 0.3) is 0 Å². The fraction of sp³-hybridized carbons (Fsp3) is 0.333. The van der Waals surface area contributed by atoms with Gasteiger partial charge in [0.15, 0.2) is 28.4 Å².